The number of hydrogen-bond acceptors (Lipinski definition) is 3. The molecule has 0 N–H and O–H groups in total. The van der Waals surface area contributed by atoms with E-state index in [1.807, 2.05) is 48.7 Å². The summed E-state index contributed by atoms with van der Waals surface area (Å²) >= 11 is 1.50. The zero-order valence-corrected chi connectivity index (χ0v) is 9.66. The lowest BCUT2D eigenvalue weighted by molar-refractivity contribution is 1.12. The number of aromatic nitrogens is 1. The fourth-order valence-electron chi connectivity index (χ4n) is 1.45. The molecule has 1 aromatic carbocycles. The van der Waals surface area contributed by atoms with Gasteiger partial charge in [0.1, 0.15) is 11.1 Å². The van der Waals surface area contributed by atoms with Crippen LogP contribution in [0.2, 0.25) is 0 Å². The number of benzene rings is 1. The van der Waals surface area contributed by atoms with Gasteiger partial charge in [-0.3, -0.25) is 0 Å². The molecule has 2 aromatic rings. The summed E-state index contributed by atoms with van der Waals surface area (Å²) in [5.74, 6) is 0. The molecule has 2 nitrogen and oxygen atoms in total. The van der Waals surface area contributed by atoms with Crippen molar-refractivity contribution in [2.24, 2.45) is 0 Å². The lowest BCUT2D eigenvalue weighted by atomic mass is 10.1. The molecule has 2 rings (SSSR count). The topological polar surface area (TPSA) is 36.7 Å². The van der Waals surface area contributed by atoms with E-state index in [1.54, 1.807) is 0 Å². The van der Waals surface area contributed by atoms with E-state index in [9.17, 15) is 0 Å². The molecule has 0 aliphatic rings. The number of pyridine rings is 1. The summed E-state index contributed by atoms with van der Waals surface area (Å²) in [6.07, 6.45) is 1.93. The third kappa shape index (κ3) is 2.07. The Labute approximate surface area is 99.0 Å². The van der Waals surface area contributed by atoms with Gasteiger partial charge in [-0.25, -0.2) is 4.98 Å². The summed E-state index contributed by atoms with van der Waals surface area (Å²) in [6.45, 7) is 0. The van der Waals surface area contributed by atoms with Gasteiger partial charge in [-0.15, -0.1) is 11.8 Å². The van der Waals surface area contributed by atoms with Gasteiger partial charge in [-0.1, -0.05) is 30.3 Å². The zero-order chi connectivity index (χ0) is 11.4. The average molecular weight is 226 g/mol. The number of hydrogen-bond donors (Lipinski definition) is 0. The maximum atomic E-state index is 8.91. The molecule has 78 valence electrons. The van der Waals surface area contributed by atoms with E-state index < -0.39 is 0 Å². The van der Waals surface area contributed by atoms with Crippen LogP contribution >= 0.6 is 11.8 Å². The summed E-state index contributed by atoms with van der Waals surface area (Å²) < 4.78 is 0. The van der Waals surface area contributed by atoms with Crippen molar-refractivity contribution in [3.8, 4) is 17.3 Å². The monoisotopic (exact) mass is 226 g/mol. The molecule has 0 aliphatic heterocycles. The number of thioether (sulfide) groups is 1. The Morgan fingerprint density at radius 1 is 1.12 bits per heavy atom. The number of nitriles is 1. The largest absolute Gasteiger partial charge is 0.240 e. The van der Waals surface area contributed by atoms with Gasteiger partial charge in [-0.2, -0.15) is 5.26 Å². The van der Waals surface area contributed by atoms with E-state index in [2.05, 4.69) is 11.1 Å². The van der Waals surface area contributed by atoms with Crippen molar-refractivity contribution >= 4 is 11.8 Å². The Balaban J connectivity index is 2.49. The van der Waals surface area contributed by atoms with Crippen LogP contribution in [0.3, 0.4) is 0 Å². The van der Waals surface area contributed by atoms with Gasteiger partial charge in [0.15, 0.2) is 0 Å². The SMILES string of the molecule is CSc1nc(-c2ccccc2)ccc1C#N. The van der Waals surface area contributed by atoms with Crippen LogP contribution in [-0.4, -0.2) is 11.2 Å². The second-order valence-corrected chi connectivity index (χ2v) is 4.03. The van der Waals surface area contributed by atoms with Gasteiger partial charge in [0.05, 0.1) is 11.3 Å². The van der Waals surface area contributed by atoms with Crippen molar-refractivity contribution in [3.63, 3.8) is 0 Å². The Morgan fingerprint density at radius 2 is 1.88 bits per heavy atom. The first-order valence-corrected chi connectivity index (χ1v) is 6.08. The summed E-state index contributed by atoms with van der Waals surface area (Å²) in [6, 6.07) is 15.8. The molecular weight excluding hydrogens is 216 g/mol. The highest BCUT2D eigenvalue weighted by atomic mass is 32.2. The van der Waals surface area contributed by atoms with Crippen molar-refractivity contribution in [2.45, 2.75) is 5.03 Å². The minimum atomic E-state index is 0.632. The smallest absolute Gasteiger partial charge is 0.114 e. The fraction of sp³-hybridized carbons (Fsp3) is 0.0769. The van der Waals surface area contributed by atoms with E-state index in [0.717, 1.165) is 16.3 Å². The molecule has 1 heterocycles. The summed E-state index contributed by atoms with van der Waals surface area (Å²) in [7, 11) is 0. The Hall–Kier alpha value is -1.79. The first kappa shape index (κ1) is 10.7. The first-order chi connectivity index (χ1) is 7.85. The predicted octanol–water partition coefficient (Wildman–Crippen LogP) is 3.34. The standard InChI is InChI=1S/C13H10N2S/c1-16-13-11(9-14)7-8-12(15-13)10-5-3-2-4-6-10/h2-8H,1H3. The predicted molar refractivity (Wildman–Crippen MR) is 66.2 cm³/mol. The van der Waals surface area contributed by atoms with Gasteiger partial charge in [0.25, 0.3) is 0 Å². The summed E-state index contributed by atoms with van der Waals surface area (Å²) in [5.41, 5.74) is 2.61. The molecule has 0 saturated heterocycles. The molecule has 16 heavy (non-hydrogen) atoms. The Kier molecular flexibility index (Phi) is 3.23. The zero-order valence-electron chi connectivity index (χ0n) is 8.84. The van der Waals surface area contributed by atoms with Crippen LogP contribution in [0.5, 0.6) is 0 Å². The molecule has 0 atom stereocenters. The molecule has 0 radical (unpaired) electrons. The van der Waals surface area contributed by atoms with Crippen LogP contribution in [0.25, 0.3) is 11.3 Å². The summed E-state index contributed by atoms with van der Waals surface area (Å²) in [5, 5.41) is 9.69. The minimum absolute atomic E-state index is 0.632. The van der Waals surface area contributed by atoms with E-state index >= 15 is 0 Å². The summed E-state index contributed by atoms with van der Waals surface area (Å²) in [4.78, 5) is 4.47. The molecule has 0 bridgehead atoms. The van der Waals surface area contributed by atoms with Crippen LogP contribution in [0.15, 0.2) is 47.5 Å². The molecule has 0 spiro atoms. The van der Waals surface area contributed by atoms with Gasteiger partial charge >= 0.3 is 0 Å². The molecule has 0 fully saturated rings. The molecule has 3 heteroatoms. The van der Waals surface area contributed by atoms with Crippen molar-refractivity contribution in [1.29, 1.82) is 5.26 Å². The van der Waals surface area contributed by atoms with Gasteiger partial charge in [0, 0.05) is 5.56 Å². The number of nitrogens with zero attached hydrogens (tertiary/aromatic N) is 2. The quantitative estimate of drug-likeness (QED) is 0.737. The highest BCUT2D eigenvalue weighted by Gasteiger charge is 2.05. The highest BCUT2D eigenvalue weighted by molar-refractivity contribution is 7.98. The maximum Gasteiger partial charge on any atom is 0.114 e. The molecular formula is C13H10N2S. The van der Waals surface area contributed by atoms with E-state index in [-0.39, 0.29) is 0 Å². The maximum absolute atomic E-state index is 8.91. The Bertz CT molecular complexity index is 529. The lowest BCUT2D eigenvalue weighted by Gasteiger charge is -2.04. The van der Waals surface area contributed by atoms with Crippen molar-refractivity contribution in [3.05, 3.63) is 48.0 Å². The normalized spacial score (nSPS) is 9.75. The van der Waals surface area contributed by atoms with Crippen molar-refractivity contribution in [1.82, 2.24) is 4.98 Å². The minimum Gasteiger partial charge on any atom is -0.240 e. The van der Waals surface area contributed by atoms with Crippen LogP contribution < -0.4 is 0 Å². The fourth-order valence-corrected chi connectivity index (χ4v) is 1.97. The second kappa shape index (κ2) is 4.82. The first-order valence-electron chi connectivity index (χ1n) is 4.85. The third-order valence-corrected chi connectivity index (χ3v) is 2.94. The van der Waals surface area contributed by atoms with Gasteiger partial charge in [-0.05, 0) is 18.4 Å². The van der Waals surface area contributed by atoms with E-state index in [4.69, 9.17) is 5.26 Å². The lowest BCUT2D eigenvalue weighted by Crippen LogP contribution is -1.89. The van der Waals surface area contributed by atoms with E-state index in [1.165, 1.54) is 11.8 Å². The van der Waals surface area contributed by atoms with Crippen LogP contribution in [0.4, 0.5) is 0 Å². The number of rotatable bonds is 2. The van der Waals surface area contributed by atoms with Crippen LogP contribution in [0, 0.1) is 11.3 Å². The molecule has 0 amide bonds. The molecule has 0 aliphatic carbocycles. The van der Waals surface area contributed by atoms with Crippen LogP contribution in [0.1, 0.15) is 5.56 Å². The Morgan fingerprint density at radius 3 is 2.50 bits per heavy atom. The molecule has 0 unspecified atom stereocenters. The molecule has 1 aromatic heterocycles. The second-order valence-electron chi connectivity index (χ2n) is 3.23. The van der Waals surface area contributed by atoms with Crippen LogP contribution in [-0.2, 0) is 0 Å². The van der Waals surface area contributed by atoms with E-state index in [0.29, 0.717) is 5.56 Å². The third-order valence-electron chi connectivity index (χ3n) is 2.24. The van der Waals surface area contributed by atoms with Gasteiger partial charge in [0.2, 0.25) is 0 Å². The molecule has 0 saturated carbocycles. The highest BCUT2D eigenvalue weighted by Crippen LogP contribution is 2.23. The average Bonchev–Trinajstić information content (AvgIpc) is 2.39. The van der Waals surface area contributed by atoms with Gasteiger partial charge < -0.3 is 0 Å². The van der Waals surface area contributed by atoms with Crippen molar-refractivity contribution in [2.75, 3.05) is 6.26 Å². The van der Waals surface area contributed by atoms with Crippen molar-refractivity contribution < 1.29 is 0 Å².